The molecule has 1 aliphatic rings. The summed E-state index contributed by atoms with van der Waals surface area (Å²) in [6, 6.07) is 12.7. The van der Waals surface area contributed by atoms with Crippen LogP contribution in [0.25, 0.3) is 22.2 Å². The number of carbonyl (C=O) groups is 1. The maximum absolute atomic E-state index is 13.5. The monoisotopic (exact) mass is 447 g/mol. The second-order valence-corrected chi connectivity index (χ2v) is 8.52. The quantitative estimate of drug-likeness (QED) is 0.450. The first-order valence-electron chi connectivity index (χ1n) is 10.9. The molecule has 2 atom stereocenters. The van der Waals surface area contributed by atoms with Crippen molar-refractivity contribution in [2.75, 3.05) is 7.11 Å². The van der Waals surface area contributed by atoms with E-state index in [9.17, 15) is 14.4 Å². The summed E-state index contributed by atoms with van der Waals surface area (Å²) in [5.41, 5.74) is 1.82. The molecule has 0 spiro atoms. The van der Waals surface area contributed by atoms with E-state index in [4.69, 9.17) is 9.15 Å². The standard InChI is InChI=1S/C25H25N3O5/c1-14-10-13-18(33-14)16-11-12-17(24(30)32-4)28-20(15-8-6-5-7-9-15)19-22(21(16)28)26(2)25(31)27(3)23(19)29/h5-10,13,16-17H,11-12H2,1-4H3/t16?,17-/m0/s1. The molecule has 1 unspecified atom stereocenters. The first-order valence-corrected chi connectivity index (χ1v) is 10.9. The molecule has 0 amide bonds. The Morgan fingerprint density at radius 1 is 1.03 bits per heavy atom. The van der Waals surface area contributed by atoms with E-state index in [-0.39, 0.29) is 11.9 Å². The fourth-order valence-electron chi connectivity index (χ4n) is 5.12. The summed E-state index contributed by atoms with van der Waals surface area (Å²) in [5.74, 6) is 0.904. The molecule has 0 fully saturated rings. The van der Waals surface area contributed by atoms with E-state index in [1.54, 1.807) is 7.05 Å². The number of benzene rings is 1. The third kappa shape index (κ3) is 3.01. The number of rotatable bonds is 3. The molecule has 170 valence electrons. The third-order valence-corrected chi connectivity index (χ3v) is 6.64. The predicted octanol–water partition coefficient (Wildman–Crippen LogP) is 3.25. The smallest absolute Gasteiger partial charge is 0.331 e. The van der Waals surface area contributed by atoms with Crippen molar-refractivity contribution in [3.63, 3.8) is 0 Å². The lowest BCUT2D eigenvalue weighted by Gasteiger charge is -2.31. The van der Waals surface area contributed by atoms with Crippen LogP contribution in [0.3, 0.4) is 0 Å². The van der Waals surface area contributed by atoms with Crippen LogP contribution in [0.15, 0.2) is 56.5 Å². The minimum atomic E-state index is -0.625. The average Bonchev–Trinajstić information content (AvgIpc) is 3.42. The van der Waals surface area contributed by atoms with Gasteiger partial charge < -0.3 is 13.7 Å². The Kier molecular flexibility index (Phi) is 4.88. The van der Waals surface area contributed by atoms with Gasteiger partial charge in [0, 0.05) is 14.1 Å². The number of ether oxygens (including phenoxy) is 1. The predicted molar refractivity (Wildman–Crippen MR) is 123 cm³/mol. The molecule has 5 rings (SSSR count). The third-order valence-electron chi connectivity index (χ3n) is 6.64. The number of aryl methyl sites for hydroxylation is 2. The Morgan fingerprint density at radius 3 is 2.39 bits per heavy atom. The van der Waals surface area contributed by atoms with Crippen LogP contribution in [-0.4, -0.2) is 26.8 Å². The molecule has 8 nitrogen and oxygen atoms in total. The van der Waals surface area contributed by atoms with E-state index < -0.39 is 17.3 Å². The maximum atomic E-state index is 13.5. The fraction of sp³-hybridized carbons (Fsp3) is 0.320. The Hall–Kier alpha value is -3.81. The van der Waals surface area contributed by atoms with Gasteiger partial charge >= 0.3 is 11.7 Å². The number of methoxy groups -OCH3 is 1. The highest BCUT2D eigenvalue weighted by atomic mass is 16.5. The van der Waals surface area contributed by atoms with Gasteiger partial charge in [0.05, 0.1) is 35.3 Å². The fourth-order valence-corrected chi connectivity index (χ4v) is 5.12. The Bertz CT molecular complexity index is 1500. The molecule has 4 heterocycles. The van der Waals surface area contributed by atoms with Gasteiger partial charge in [-0.15, -0.1) is 0 Å². The van der Waals surface area contributed by atoms with Crippen LogP contribution in [0.4, 0.5) is 0 Å². The average molecular weight is 447 g/mol. The molecule has 0 radical (unpaired) electrons. The SMILES string of the molecule is COC(=O)[C@@H]1CCC(c2ccc(C)o2)c2c3c(c(-c4ccccc4)n21)c(=O)n(C)c(=O)n3C. The summed E-state index contributed by atoms with van der Waals surface area (Å²) in [6.07, 6.45) is 1.13. The summed E-state index contributed by atoms with van der Waals surface area (Å²) in [5, 5.41) is 0.407. The number of carbonyl (C=O) groups excluding carboxylic acids is 1. The number of nitrogens with zero attached hydrogens (tertiary/aromatic N) is 3. The summed E-state index contributed by atoms with van der Waals surface area (Å²) in [6.45, 7) is 1.88. The highest BCUT2D eigenvalue weighted by Crippen LogP contribution is 2.47. The van der Waals surface area contributed by atoms with E-state index in [1.165, 1.54) is 18.7 Å². The van der Waals surface area contributed by atoms with Crippen molar-refractivity contribution < 1.29 is 13.9 Å². The first kappa shape index (κ1) is 21.1. The van der Waals surface area contributed by atoms with Gasteiger partial charge in [0.1, 0.15) is 17.6 Å². The van der Waals surface area contributed by atoms with Gasteiger partial charge in [-0.3, -0.25) is 13.9 Å². The summed E-state index contributed by atoms with van der Waals surface area (Å²) in [7, 11) is 4.50. The van der Waals surface area contributed by atoms with Gasteiger partial charge in [0.25, 0.3) is 5.56 Å². The highest BCUT2D eigenvalue weighted by molar-refractivity contribution is 5.97. The van der Waals surface area contributed by atoms with Crippen LogP contribution >= 0.6 is 0 Å². The number of hydrogen-bond donors (Lipinski definition) is 0. The van der Waals surface area contributed by atoms with Gasteiger partial charge in [0.15, 0.2) is 0 Å². The zero-order chi connectivity index (χ0) is 23.4. The Morgan fingerprint density at radius 2 is 1.76 bits per heavy atom. The summed E-state index contributed by atoms with van der Waals surface area (Å²) < 4.78 is 15.7. The van der Waals surface area contributed by atoms with Gasteiger partial charge in [0.2, 0.25) is 0 Å². The zero-order valence-corrected chi connectivity index (χ0v) is 19.0. The maximum Gasteiger partial charge on any atom is 0.331 e. The second kappa shape index (κ2) is 7.65. The lowest BCUT2D eigenvalue weighted by molar-refractivity contribution is -0.145. The molecular weight excluding hydrogens is 422 g/mol. The lowest BCUT2D eigenvalue weighted by atomic mass is 9.89. The van der Waals surface area contributed by atoms with Crippen LogP contribution in [-0.2, 0) is 23.6 Å². The van der Waals surface area contributed by atoms with Crippen molar-refractivity contribution in [1.82, 2.24) is 13.7 Å². The normalized spacial score (nSPS) is 17.8. The second-order valence-electron chi connectivity index (χ2n) is 8.52. The summed E-state index contributed by atoms with van der Waals surface area (Å²) in [4.78, 5) is 39.4. The largest absolute Gasteiger partial charge is 0.467 e. The number of fused-ring (bicyclic) bond motifs is 3. The molecule has 1 aromatic carbocycles. The molecule has 0 N–H and O–H groups in total. The molecule has 0 bridgehead atoms. The number of esters is 1. The van der Waals surface area contributed by atoms with Crippen LogP contribution in [0, 0.1) is 6.92 Å². The van der Waals surface area contributed by atoms with E-state index in [1.807, 2.05) is 54.0 Å². The van der Waals surface area contributed by atoms with Crippen molar-refractivity contribution in [2.45, 2.75) is 31.7 Å². The topological polar surface area (TPSA) is 88.4 Å². The number of hydrogen-bond acceptors (Lipinski definition) is 5. The minimum absolute atomic E-state index is 0.225. The molecule has 3 aromatic heterocycles. The van der Waals surface area contributed by atoms with Crippen LogP contribution in [0.5, 0.6) is 0 Å². The zero-order valence-electron chi connectivity index (χ0n) is 19.0. The Balaban J connectivity index is 2.01. The van der Waals surface area contributed by atoms with Crippen LogP contribution < -0.4 is 11.2 Å². The Labute approximate surface area is 189 Å². The van der Waals surface area contributed by atoms with Gasteiger partial charge in [-0.1, -0.05) is 30.3 Å². The van der Waals surface area contributed by atoms with Crippen LogP contribution in [0.2, 0.25) is 0 Å². The van der Waals surface area contributed by atoms with Crippen molar-refractivity contribution in [3.05, 3.63) is 80.5 Å². The van der Waals surface area contributed by atoms with Crippen LogP contribution in [0.1, 0.15) is 42.0 Å². The van der Waals surface area contributed by atoms with E-state index in [0.29, 0.717) is 29.4 Å². The number of aromatic nitrogens is 3. The van der Waals surface area contributed by atoms with Crippen molar-refractivity contribution in [2.24, 2.45) is 14.1 Å². The molecule has 8 heteroatoms. The van der Waals surface area contributed by atoms with Crippen molar-refractivity contribution in [3.8, 4) is 11.3 Å². The van der Waals surface area contributed by atoms with Gasteiger partial charge in [-0.2, -0.15) is 0 Å². The van der Waals surface area contributed by atoms with E-state index >= 15 is 0 Å². The molecule has 33 heavy (non-hydrogen) atoms. The molecular formula is C25H25N3O5. The minimum Gasteiger partial charge on any atom is -0.467 e. The number of furan rings is 1. The van der Waals surface area contributed by atoms with Crippen molar-refractivity contribution >= 4 is 16.9 Å². The van der Waals surface area contributed by atoms with Crippen molar-refractivity contribution in [1.29, 1.82) is 0 Å². The molecule has 0 aliphatic carbocycles. The lowest BCUT2D eigenvalue weighted by Crippen LogP contribution is -2.37. The van der Waals surface area contributed by atoms with E-state index in [2.05, 4.69) is 0 Å². The van der Waals surface area contributed by atoms with Gasteiger partial charge in [-0.05, 0) is 37.5 Å². The first-order chi connectivity index (χ1) is 15.8. The molecule has 0 saturated carbocycles. The molecule has 0 saturated heterocycles. The highest BCUT2D eigenvalue weighted by Gasteiger charge is 2.40. The summed E-state index contributed by atoms with van der Waals surface area (Å²) >= 11 is 0. The molecule has 4 aromatic rings. The van der Waals surface area contributed by atoms with E-state index in [0.717, 1.165) is 27.3 Å². The molecule has 1 aliphatic heterocycles. The van der Waals surface area contributed by atoms with Gasteiger partial charge in [-0.25, -0.2) is 9.59 Å².